The van der Waals surface area contributed by atoms with Crippen molar-refractivity contribution >= 4 is 0 Å². The monoisotopic (exact) mass is 299 g/mol. The minimum absolute atomic E-state index is 0.293. The molecule has 0 amide bonds. The molecule has 1 unspecified atom stereocenters. The SMILES string of the molecule is CCC(Oc1ccccc1C)c1nnc(-c2cn(C)nn2)o1. The average Bonchev–Trinajstić information content (AvgIpc) is 3.15. The normalized spacial score (nSPS) is 12.3. The molecule has 0 aliphatic carbocycles. The molecule has 0 radical (unpaired) electrons. The van der Waals surface area contributed by atoms with Crippen molar-refractivity contribution in [3.05, 3.63) is 41.9 Å². The first-order chi connectivity index (χ1) is 10.7. The Balaban J connectivity index is 1.82. The lowest BCUT2D eigenvalue weighted by Gasteiger charge is -2.15. The maximum Gasteiger partial charge on any atom is 0.270 e. The highest BCUT2D eigenvalue weighted by atomic mass is 16.5. The van der Waals surface area contributed by atoms with Crippen LogP contribution in [0.2, 0.25) is 0 Å². The zero-order valence-corrected chi connectivity index (χ0v) is 12.7. The Morgan fingerprint density at radius 3 is 2.73 bits per heavy atom. The zero-order valence-electron chi connectivity index (χ0n) is 12.7. The lowest BCUT2D eigenvalue weighted by Crippen LogP contribution is -2.07. The predicted octanol–water partition coefficient (Wildman–Crippen LogP) is 2.70. The molecule has 0 bridgehead atoms. The number of para-hydroxylation sites is 1. The Morgan fingerprint density at radius 1 is 1.23 bits per heavy atom. The van der Waals surface area contributed by atoms with E-state index in [9.17, 15) is 0 Å². The largest absolute Gasteiger partial charge is 0.480 e. The molecule has 1 aromatic carbocycles. The number of benzene rings is 1. The molecular formula is C15H17N5O2. The summed E-state index contributed by atoms with van der Waals surface area (Å²) in [5.74, 6) is 1.59. The Labute approximate surface area is 127 Å². The highest BCUT2D eigenvalue weighted by molar-refractivity contribution is 5.42. The van der Waals surface area contributed by atoms with Crippen LogP contribution in [0.5, 0.6) is 5.75 Å². The second kappa shape index (κ2) is 5.97. The van der Waals surface area contributed by atoms with Crippen molar-refractivity contribution in [2.24, 2.45) is 7.05 Å². The molecule has 22 heavy (non-hydrogen) atoms. The van der Waals surface area contributed by atoms with Gasteiger partial charge in [-0.25, -0.2) is 0 Å². The molecule has 2 heterocycles. The molecule has 0 saturated heterocycles. The van der Waals surface area contributed by atoms with Crippen molar-refractivity contribution in [1.82, 2.24) is 25.2 Å². The van der Waals surface area contributed by atoms with Gasteiger partial charge in [-0.05, 0) is 25.0 Å². The lowest BCUT2D eigenvalue weighted by atomic mass is 10.2. The molecule has 0 aliphatic rings. The molecule has 0 aliphatic heterocycles. The van der Waals surface area contributed by atoms with Gasteiger partial charge < -0.3 is 9.15 Å². The first-order valence-electron chi connectivity index (χ1n) is 7.09. The van der Waals surface area contributed by atoms with Crippen molar-refractivity contribution < 1.29 is 9.15 Å². The molecule has 2 aromatic heterocycles. The van der Waals surface area contributed by atoms with Crippen LogP contribution in [-0.2, 0) is 7.05 Å². The minimum atomic E-state index is -0.293. The Bertz CT molecular complexity index is 765. The molecule has 7 nitrogen and oxygen atoms in total. The van der Waals surface area contributed by atoms with Gasteiger partial charge in [-0.3, -0.25) is 4.68 Å². The Hall–Kier alpha value is -2.70. The first-order valence-corrected chi connectivity index (χ1v) is 7.09. The molecule has 0 saturated carbocycles. The van der Waals surface area contributed by atoms with E-state index < -0.39 is 0 Å². The van der Waals surface area contributed by atoms with E-state index in [-0.39, 0.29) is 6.10 Å². The summed E-state index contributed by atoms with van der Waals surface area (Å²) in [6, 6.07) is 7.84. The smallest absolute Gasteiger partial charge is 0.270 e. The summed E-state index contributed by atoms with van der Waals surface area (Å²) in [7, 11) is 1.78. The van der Waals surface area contributed by atoms with Gasteiger partial charge in [-0.2, -0.15) is 0 Å². The topological polar surface area (TPSA) is 78.9 Å². The van der Waals surface area contributed by atoms with Gasteiger partial charge in [0.15, 0.2) is 11.8 Å². The standard InChI is InChI=1S/C15H17N5O2/c1-4-12(21-13-8-6-5-7-10(13)2)15-18-17-14(22-15)11-9-20(3)19-16-11/h5-9,12H,4H2,1-3H3. The summed E-state index contributed by atoms with van der Waals surface area (Å²) in [6.07, 6.45) is 2.15. The highest BCUT2D eigenvalue weighted by Crippen LogP contribution is 2.27. The van der Waals surface area contributed by atoms with Gasteiger partial charge >= 0.3 is 0 Å². The van der Waals surface area contributed by atoms with Crippen molar-refractivity contribution in [3.8, 4) is 17.3 Å². The van der Waals surface area contributed by atoms with Gasteiger partial charge in [0.05, 0.1) is 6.20 Å². The van der Waals surface area contributed by atoms with Crippen LogP contribution in [0.3, 0.4) is 0 Å². The number of aryl methyl sites for hydroxylation is 2. The fourth-order valence-electron chi connectivity index (χ4n) is 2.06. The summed E-state index contributed by atoms with van der Waals surface area (Å²) in [5.41, 5.74) is 1.61. The number of rotatable bonds is 5. The summed E-state index contributed by atoms with van der Waals surface area (Å²) >= 11 is 0. The summed E-state index contributed by atoms with van der Waals surface area (Å²) in [5, 5.41) is 15.9. The van der Waals surface area contributed by atoms with Crippen LogP contribution in [0.15, 0.2) is 34.9 Å². The number of hydrogen-bond acceptors (Lipinski definition) is 6. The van der Waals surface area contributed by atoms with Crippen LogP contribution < -0.4 is 4.74 Å². The van der Waals surface area contributed by atoms with Crippen molar-refractivity contribution in [1.29, 1.82) is 0 Å². The minimum Gasteiger partial charge on any atom is -0.480 e. The van der Waals surface area contributed by atoms with E-state index in [4.69, 9.17) is 9.15 Å². The van der Waals surface area contributed by atoms with Crippen molar-refractivity contribution in [2.75, 3.05) is 0 Å². The third kappa shape index (κ3) is 2.83. The fraction of sp³-hybridized carbons (Fsp3) is 0.333. The third-order valence-corrected chi connectivity index (χ3v) is 3.27. The first kappa shape index (κ1) is 14.2. The van der Waals surface area contributed by atoms with E-state index in [0.717, 1.165) is 17.7 Å². The molecule has 0 N–H and O–H groups in total. The van der Waals surface area contributed by atoms with E-state index in [1.54, 1.807) is 17.9 Å². The van der Waals surface area contributed by atoms with Gasteiger partial charge in [0.2, 0.25) is 0 Å². The molecule has 0 fully saturated rings. The Morgan fingerprint density at radius 2 is 2.05 bits per heavy atom. The van der Waals surface area contributed by atoms with Crippen LogP contribution >= 0.6 is 0 Å². The van der Waals surface area contributed by atoms with E-state index in [1.807, 2.05) is 38.1 Å². The van der Waals surface area contributed by atoms with E-state index in [1.165, 1.54) is 0 Å². The number of nitrogens with zero attached hydrogens (tertiary/aromatic N) is 5. The third-order valence-electron chi connectivity index (χ3n) is 3.27. The van der Waals surface area contributed by atoms with Crippen LogP contribution in [0.1, 0.15) is 30.9 Å². The zero-order chi connectivity index (χ0) is 15.5. The van der Waals surface area contributed by atoms with Gasteiger partial charge in [-0.15, -0.1) is 15.3 Å². The van der Waals surface area contributed by atoms with Crippen molar-refractivity contribution in [2.45, 2.75) is 26.4 Å². The second-order valence-corrected chi connectivity index (χ2v) is 5.00. The summed E-state index contributed by atoms with van der Waals surface area (Å²) in [4.78, 5) is 0. The van der Waals surface area contributed by atoms with E-state index in [2.05, 4.69) is 20.5 Å². The van der Waals surface area contributed by atoms with Gasteiger partial charge in [0.25, 0.3) is 11.8 Å². The second-order valence-electron chi connectivity index (χ2n) is 5.00. The highest BCUT2D eigenvalue weighted by Gasteiger charge is 2.21. The fourth-order valence-corrected chi connectivity index (χ4v) is 2.06. The molecule has 7 heteroatoms. The van der Waals surface area contributed by atoms with Crippen LogP contribution in [0.4, 0.5) is 0 Å². The summed E-state index contributed by atoms with van der Waals surface area (Å²) in [6.45, 7) is 4.01. The maximum absolute atomic E-state index is 6.00. The van der Waals surface area contributed by atoms with Crippen molar-refractivity contribution in [3.63, 3.8) is 0 Å². The maximum atomic E-state index is 6.00. The van der Waals surface area contributed by atoms with Crippen LogP contribution in [0.25, 0.3) is 11.6 Å². The quantitative estimate of drug-likeness (QED) is 0.720. The molecule has 1 atom stereocenters. The van der Waals surface area contributed by atoms with Crippen LogP contribution in [-0.4, -0.2) is 25.2 Å². The van der Waals surface area contributed by atoms with Gasteiger partial charge in [-0.1, -0.05) is 30.3 Å². The molecule has 3 aromatic rings. The van der Waals surface area contributed by atoms with Gasteiger partial charge in [0, 0.05) is 7.05 Å². The number of hydrogen-bond donors (Lipinski definition) is 0. The molecule has 3 rings (SSSR count). The Kier molecular flexibility index (Phi) is 3.86. The summed E-state index contributed by atoms with van der Waals surface area (Å²) < 4.78 is 13.3. The molecular weight excluding hydrogens is 282 g/mol. The van der Waals surface area contributed by atoms with Gasteiger partial charge in [0.1, 0.15) is 5.75 Å². The number of ether oxygens (including phenoxy) is 1. The van der Waals surface area contributed by atoms with Crippen LogP contribution in [0, 0.1) is 6.92 Å². The molecule has 0 spiro atoms. The number of aromatic nitrogens is 5. The average molecular weight is 299 g/mol. The molecule has 114 valence electrons. The van der Waals surface area contributed by atoms with E-state index >= 15 is 0 Å². The van der Waals surface area contributed by atoms with E-state index in [0.29, 0.717) is 17.5 Å². The lowest BCUT2D eigenvalue weighted by molar-refractivity contribution is 0.165. The predicted molar refractivity (Wildman–Crippen MR) is 79.1 cm³/mol.